The molecule has 0 radical (unpaired) electrons. The van der Waals surface area contributed by atoms with Gasteiger partial charge in [0.1, 0.15) is 17.5 Å². The van der Waals surface area contributed by atoms with Crippen molar-refractivity contribution in [3.8, 4) is 5.75 Å². The van der Waals surface area contributed by atoms with E-state index in [2.05, 4.69) is 0 Å². The minimum absolute atomic E-state index is 0.00479. The average Bonchev–Trinajstić information content (AvgIpc) is 2.72. The van der Waals surface area contributed by atoms with E-state index in [1.165, 1.54) is 13.8 Å². The summed E-state index contributed by atoms with van der Waals surface area (Å²) in [4.78, 5) is 11.2. The maximum absolute atomic E-state index is 11.2. The van der Waals surface area contributed by atoms with Gasteiger partial charge in [-0.2, -0.15) is 0 Å². The molecule has 1 aromatic carbocycles. The Morgan fingerprint density at radius 3 is 2.88 bits per heavy atom. The van der Waals surface area contributed by atoms with Crippen LogP contribution in [0.5, 0.6) is 5.75 Å². The first-order chi connectivity index (χ1) is 7.94. The van der Waals surface area contributed by atoms with E-state index in [0.29, 0.717) is 17.7 Å². The first-order valence-corrected chi connectivity index (χ1v) is 5.58. The second-order valence-electron chi connectivity index (χ2n) is 4.70. The minimum Gasteiger partial charge on any atom is -0.487 e. The molecule has 1 aromatic rings. The molecule has 2 atom stereocenters. The standard InChI is InChI=1S/C13H16O4/c1-8(15)9-3-4-11-10(5-9)6-12(17-11)13(2,16)7-14/h3-5,12,14,16H,6-7H2,1-2H3/t12-,13-/m0/s1. The van der Waals surface area contributed by atoms with Crippen LogP contribution in [-0.2, 0) is 6.42 Å². The Kier molecular flexibility index (Phi) is 2.93. The van der Waals surface area contributed by atoms with E-state index in [9.17, 15) is 9.90 Å². The number of benzene rings is 1. The lowest BCUT2D eigenvalue weighted by Crippen LogP contribution is -2.45. The molecule has 4 heteroatoms. The summed E-state index contributed by atoms with van der Waals surface area (Å²) in [6, 6.07) is 5.22. The average molecular weight is 236 g/mol. The zero-order valence-electron chi connectivity index (χ0n) is 9.93. The molecule has 0 spiro atoms. The number of hydrogen-bond acceptors (Lipinski definition) is 4. The summed E-state index contributed by atoms with van der Waals surface area (Å²) in [7, 11) is 0. The monoisotopic (exact) mass is 236 g/mol. The van der Waals surface area contributed by atoms with Crippen molar-refractivity contribution in [2.75, 3.05) is 6.61 Å². The lowest BCUT2D eigenvalue weighted by Gasteiger charge is -2.26. The molecule has 1 aliphatic rings. The summed E-state index contributed by atoms with van der Waals surface area (Å²) in [6.45, 7) is 2.69. The Morgan fingerprint density at radius 2 is 2.29 bits per heavy atom. The molecule has 0 saturated heterocycles. The zero-order valence-corrected chi connectivity index (χ0v) is 9.93. The van der Waals surface area contributed by atoms with E-state index < -0.39 is 11.7 Å². The van der Waals surface area contributed by atoms with E-state index in [-0.39, 0.29) is 12.4 Å². The van der Waals surface area contributed by atoms with Crippen molar-refractivity contribution < 1.29 is 19.7 Å². The van der Waals surface area contributed by atoms with E-state index in [1.54, 1.807) is 18.2 Å². The van der Waals surface area contributed by atoms with Crippen LogP contribution in [0.3, 0.4) is 0 Å². The maximum atomic E-state index is 11.2. The Hall–Kier alpha value is -1.39. The zero-order chi connectivity index (χ0) is 12.6. The van der Waals surface area contributed by atoms with Crippen LogP contribution in [0.1, 0.15) is 29.8 Å². The molecule has 0 fully saturated rings. The molecule has 0 amide bonds. The summed E-state index contributed by atoms with van der Waals surface area (Å²) in [5, 5.41) is 19.0. The quantitative estimate of drug-likeness (QED) is 0.766. The Balaban J connectivity index is 2.25. The molecule has 4 nitrogen and oxygen atoms in total. The largest absolute Gasteiger partial charge is 0.487 e. The molecule has 1 heterocycles. The van der Waals surface area contributed by atoms with E-state index in [4.69, 9.17) is 9.84 Å². The predicted molar refractivity (Wildman–Crippen MR) is 62.3 cm³/mol. The van der Waals surface area contributed by atoms with Crippen LogP contribution in [0.15, 0.2) is 18.2 Å². The number of ketones is 1. The smallest absolute Gasteiger partial charge is 0.159 e. The van der Waals surface area contributed by atoms with Crippen LogP contribution in [-0.4, -0.2) is 34.3 Å². The van der Waals surface area contributed by atoms with Gasteiger partial charge in [0.05, 0.1) is 6.61 Å². The summed E-state index contributed by atoms with van der Waals surface area (Å²) < 4.78 is 5.58. The number of hydrogen-bond donors (Lipinski definition) is 2. The lowest BCUT2D eigenvalue weighted by molar-refractivity contribution is -0.0729. The third kappa shape index (κ3) is 2.18. The topological polar surface area (TPSA) is 66.8 Å². The van der Waals surface area contributed by atoms with Gasteiger partial charge >= 0.3 is 0 Å². The highest BCUT2D eigenvalue weighted by Crippen LogP contribution is 2.33. The number of carbonyl (C=O) groups is 1. The molecule has 17 heavy (non-hydrogen) atoms. The van der Waals surface area contributed by atoms with Gasteiger partial charge in [0.2, 0.25) is 0 Å². The Morgan fingerprint density at radius 1 is 1.59 bits per heavy atom. The first-order valence-electron chi connectivity index (χ1n) is 5.58. The van der Waals surface area contributed by atoms with Gasteiger partial charge < -0.3 is 14.9 Å². The minimum atomic E-state index is -1.27. The van der Waals surface area contributed by atoms with Gasteiger partial charge in [-0.3, -0.25) is 4.79 Å². The molecule has 92 valence electrons. The van der Waals surface area contributed by atoms with Gasteiger partial charge in [-0.05, 0) is 37.6 Å². The summed E-state index contributed by atoms with van der Waals surface area (Å²) in [5.74, 6) is 0.680. The number of rotatable bonds is 3. The number of carbonyl (C=O) groups excluding carboxylic acids is 1. The van der Waals surface area contributed by atoms with Crippen molar-refractivity contribution in [2.45, 2.75) is 32.0 Å². The van der Waals surface area contributed by atoms with Crippen LogP contribution in [0, 0.1) is 0 Å². The van der Waals surface area contributed by atoms with Crippen molar-refractivity contribution in [3.63, 3.8) is 0 Å². The predicted octanol–water partition coefficient (Wildman–Crippen LogP) is 0.936. The Labute approximate surface area is 99.8 Å². The van der Waals surface area contributed by atoms with Gasteiger partial charge in [0.25, 0.3) is 0 Å². The normalized spacial score (nSPS) is 21.5. The molecule has 2 N–H and O–H groups in total. The molecule has 0 bridgehead atoms. The van der Waals surface area contributed by atoms with Crippen LogP contribution in [0.2, 0.25) is 0 Å². The Bertz CT molecular complexity index is 451. The fourth-order valence-corrected chi connectivity index (χ4v) is 1.92. The molecular weight excluding hydrogens is 220 g/mol. The summed E-state index contributed by atoms with van der Waals surface area (Å²) in [5.41, 5.74) is 0.267. The van der Waals surface area contributed by atoms with Crippen LogP contribution in [0.25, 0.3) is 0 Å². The van der Waals surface area contributed by atoms with Crippen molar-refractivity contribution in [1.82, 2.24) is 0 Å². The molecule has 1 aliphatic heterocycles. The summed E-state index contributed by atoms with van der Waals surface area (Å²) in [6.07, 6.45) is 0.0361. The number of Topliss-reactive ketones (excluding diaryl/α,β-unsaturated/α-hetero) is 1. The highest BCUT2D eigenvalue weighted by Gasteiger charge is 2.38. The summed E-state index contributed by atoms with van der Waals surface area (Å²) >= 11 is 0. The highest BCUT2D eigenvalue weighted by molar-refractivity contribution is 5.94. The number of ether oxygens (including phenoxy) is 1. The van der Waals surface area contributed by atoms with Gasteiger partial charge in [-0.25, -0.2) is 0 Å². The first kappa shape index (κ1) is 12.1. The molecule has 0 aliphatic carbocycles. The van der Waals surface area contributed by atoms with E-state index >= 15 is 0 Å². The van der Waals surface area contributed by atoms with Gasteiger partial charge in [0.15, 0.2) is 5.78 Å². The van der Waals surface area contributed by atoms with Gasteiger partial charge in [-0.15, -0.1) is 0 Å². The lowest BCUT2D eigenvalue weighted by atomic mass is 9.95. The van der Waals surface area contributed by atoms with E-state index in [0.717, 1.165) is 5.56 Å². The van der Waals surface area contributed by atoms with Crippen LogP contribution >= 0.6 is 0 Å². The third-order valence-electron chi connectivity index (χ3n) is 3.16. The molecule has 0 saturated carbocycles. The van der Waals surface area contributed by atoms with Gasteiger partial charge in [0, 0.05) is 12.0 Å². The van der Waals surface area contributed by atoms with Crippen molar-refractivity contribution in [1.29, 1.82) is 0 Å². The second kappa shape index (κ2) is 4.13. The van der Waals surface area contributed by atoms with Crippen molar-refractivity contribution >= 4 is 5.78 Å². The second-order valence-corrected chi connectivity index (χ2v) is 4.70. The number of aliphatic hydroxyl groups excluding tert-OH is 1. The van der Waals surface area contributed by atoms with Crippen molar-refractivity contribution in [2.24, 2.45) is 0 Å². The highest BCUT2D eigenvalue weighted by atomic mass is 16.5. The van der Waals surface area contributed by atoms with Gasteiger partial charge in [-0.1, -0.05) is 0 Å². The molecule has 0 unspecified atom stereocenters. The van der Waals surface area contributed by atoms with E-state index in [1.807, 2.05) is 0 Å². The molecule has 0 aromatic heterocycles. The third-order valence-corrected chi connectivity index (χ3v) is 3.16. The fraction of sp³-hybridized carbons (Fsp3) is 0.462. The maximum Gasteiger partial charge on any atom is 0.159 e. The van der Waals surface area contributed by atoms with Crippen LogP contribution in [0.4, 0.5) is 0 Å². The molecular formula is C13H16O4. The SMILES string of the molecule is CC(=O)c1ccc2c(c1)C[C@@H]([C@@](C)(O)CO)O2. The molecule has 2 rings (SSSR count). The number of fused-ring (bicyclic) bond motifs is 1. The number of aliphatic hydroxyl groups is 2. The fourth-order valence-electron chi connectivity index (χ4n) is 1.92. The van der Waals surface area contributed by atoms with Crippen molar-refractivity contribution in [3.05, 3.63) is 29.3 Å². The van der Waals surface area contributed by atoms with Crippen LogP contribution < -0.4 is 4.74 Å².